The first-order valence-electron chi connectivity index (χ1n) is 14.3. The summed E-state index contributed by atoms with van der Waals surface area (Å²) in [4.78, 5) is 0. The van der Waals surface area contributed by atoms with Gasteiger partial charge < -0.3 is 15.3 Å². The molecule has 0 saturated heterocycles. The van der Waals surface area contributed by atoms with Gasteiger partial charge in [-0.25, -0.2) is 0 Å². The predicted octanol–water partition coefficient (Wildman–Crippen LogP) is 7.22. The molecule has 0 radical (unpaired) electrons. The molecule has 0 aliphatic heterocycles. The molecule has 0 spiro atoms. The van der Waals surface area contributed by atoms with Crippen LogP contribution in [0.4, 0.5) is 0 Å². The maximum absolute atomic E-state index is 11.9. The van der Waals surface area contributed by atoms with Gasteiger partial charge >= 0.3 is 0 Å². The minimum absolute atomic E-state index is 0.169. The van der Waals surface area contributed by atoms with E-state index in [1.54, 1.807) is 0 Å². The number of unbranched alkanes of at least 4 members (excludes halogenated alkanes) is 1. The lowest BCUT2D eigenvalue weighted by atomic mass is 9.45. The van der Waals surface area contributed by atoms with Gasteiger partial charge in [0.1, 0.15) is 0 Å². The van der Waals surface area contributed by atoms with Gasteiger partial charge in [-0.05, 0) is 85.9 Å². The molecular weight excluding hydrogens is 396 g/mol. The number of aliphatic hydroxyl groups excluding tert-OH is 2. The lowest BCUT2D eigenvalue weighted by Gasteiger charge is -2.61. The Hall–Kier alpha value is -0.120. The third-order valence-electron chi connectivity index (χ3n) is 9.83. The smallest absolute Gasteiger partial charge is 0.0710 e. The lowest BCUT2D eigenvalue weighted by Crippen LogP contribution is -2.60. The predicted molar refractivity (Wildman–Crippen MR) is 138 cm³/mol. The Balaban J connectivity index is 0.000000789. The largest absolute Gasteiger partial charge is 0.400 e. The Kier molecular flexibility index (Phi) is 12.8. The lowest BCUT2D eigenvalue weighted by molar-refractivity contribution is -0.194. The fraction of sp³-hybridized carbons (Fsp3) is 1.00. The molecule has 0 bridgehead atoms. The Morgan fingerprint density at radius 2 is 1.56 bits per heavy atom. The summed E-state index contributed by atoms with van der Waals surface area (Å²) >= 11 is 0. The van der Waals surface area contributed by atoms with Gasteiger partial charge in [-0.15, -0.1) is 0 Å². The summed E-state index contributed by atoms with van der Waals surface area (Å²) in [5.74, 6) is 3.16. The highest BCUT2D eigenvalue weighted by Gasteiger charge is 2.63. The molecule has 0 aromatic heterocycles. The Morgan fingerprint density at radius 3 is 2.19 bits per heavy atom. The topological polar surface area (TPSA) is 60.7 Å². The van der Waals surface area contributed by atoms with E-state index in [9.17, 15) is 10.2 Å². The van der Waals surface area contributed by atoms with Crippen molar-refractivity contribution in [3.8, 4) is 0 Å². The van der Waals surface area contributed by atoms with Crippen molar-refractivity contribution >= 4 is 0 Å². The molecule has 0 aromatic rings. The molecule has 4 aliphatic rings. The fourth-order valence-electron chi connectivity index (χ4n) is 8.45. The van der Waals surface area contributed by atoms with Crippen LogP contribution in [0.2, 0.25) is 0 Å². The molecule has 9 atom stereocenters. The quantitative estimate of drug-likeness (QED) is 0.420. The van der Waals surface area contributed by atoms with Gasteiger partial charge in [0, 0.05) is 7.11 Å². The minimum Gasteiger partial charge on any atom is -0.400 e. The molecule has 3 heteroatoms. The summed E-state index contributed by atoms with van der Waals surface area (Å²) in [5, 5.41) is 30.0. The maximum Gasteiger partial charge on any atom is 0.0710 e. The Morgan fingerprint density at radius 1 is 0.906 bits per heavy atom. The van der Waals surface area contributed by atoms with Crippen molar-refractivity contribution in [1.82, 2.24) is 0 Å². The number of hydrogen-bond donors (Lipinski definition) is 3. The molecule has 3 N–H and O–H groups in total. The van der Waals surface area contributed by atoms with Gasteiger partial charge in [-0.2, -0.15) is 0 Å². The zero-order valence-corrected chi connectivity index (χ0v) is 22.9. The second kappa shape index (κ2) is 13.7. The van der Waals surface area contributed by atoms with Crippen molar-refractivity contribution in [1.29, 1.82) is 0 Å². The molecule has 192 valence electrons. The molecule has 4 aliphatic carbocycles. The molecule has 0 heterocycles. The molecule has 4 rings (SSSR count). The molecular formula is C29H58O3. The van der Waals surface area contributed by atoms with Crippen LogP contribution in [-0.4, -0.2) is 34.1 Å². The van der Waals surface area contributed by atoms with Crippen LogP contribution in [0.25, 0.3) is 0 Å². The fourth-order valence-corrected chi connectivity index (χ4v) is 8.45. The second-order valence-corrected chi connectivity index (χ2v) is 10.9. The molecule has 4 fully saturated rings. The summed E-state index contributed by atoms with van der Waals surface area (Å²) < 4.78 is 0. The van der Waals surface area contributed by atoms with Crippen LogP contribution < -0.4 is 0 Å². The summed E-state index contributed by atoms with van der Waals surface area (Å²) in [6.45, 7) is 15.2. The highest BCUT2D eigenvalue weighted by molar-refractivity contribution is 5.13. The van der Waals surface area contributed by atoms with E-state index in [0.29, 0.717) is 35.0 Å². The third-order valence-corrected chi connectivity index (χ3v) is 9.83. The van der Waals surface area contributed by atoms with Gasteiger partial charge in [0.05, 0.1) is 11.7 Å². The van der Waals surface area contributed by atoms with E-state index >= 15 is 0 Å². The molecule has 0 amide bonds. The summed E-state index contributed by atoms with van der Waals surface area (Å²) in [5.41, 5.74) is -0.0669. The van der Waals surface area contributed by atoms with Crippen molar-refractivity contribution < 1.29 is 15.3 Å². The van der Waals surface area contributed by atoms with Crippen LogP contribution >= 0.6 is 0 Å². The normalized spacial score (nSPS) is 42.8. The van der Waals surface area contributed by atoms with E-state index in [1.807, 2.05) is 27.7 Å². The number of fused-ring (bicyclic) bond motifs is 5. The zero-order chi connectivity index (χ0) is 24.5. The van der Waals surface area contributed by atoms with Crippen LogP contribution in [-0.2, 0) is 0 Å². The first-order chi connectivity index (χ1) is 15.4. The summed E-state index contributed by atoms with van der Waals surface area (Å²) in [6.07, 6.45) is 14.5. The third kappa shape index (κ3) is 5.57. The monoisotopic (exact) mass is 454 g/mol. The van der Waals surface area contributed by atoms with Crippen molar-refractivity contribution in [3.05, 3.63) is 0 Å². The SMILES string of the molecule is CC.CC.CCCCC(C)C1CCC2C3C(O)CC4CCCCC4(C)C3CCC12O.CO. The first-order valence-corrected chi connectivity index (χ1v) is 14.3. The Bertz CT molecular complexity index is 509. The number of aliphatic hydroxyl groups is 3. The van der Waals surface area contributed by atoms with E-state index in [-0.39, 0.29) is 6.10 Å². The van der Waals surface area contributed by atoms with Crippen LogP contribution in [0.1, 0.15) is 126 Å². The molecule has 3 nitrogen and oxygen atoms in total. The van der Waals surface area contributed by atoms with Crippen LogP contribution in [0.15, 0.2) is 0 Å². The van der Waals surface area contributed by atoms with Crippen LogP contribution in [0.5, 0.6) is 0 Å². The number of rotatable bonds is 4. The van der Waals surface area contributed by atoms with Gasteiger partial charge in [0.2, 0.25) is 0 Å². The van der Waals surface area contributed by atoms with E-state index in [1.165, 1.54) is 51.4 Å². The highest BCUT2D eigenvalue weighted by atomic mass is 16.3. The van der Waals surface area contributed by atoms with Gasteiger partial charge in [-0.3, -0.25) is 0 Å². The van der Waals surface area contributed by atoms with Crippen molar-refractivity contribution in [2.75, 3.05) is 7.11 Å². The highest BCUT2D eigenvalue weighted by Crippen LogP contribution is 2.65. The number of hydrogen-bond acceptors (Lipinski definition) is 3. The van der Waals surface area contributed by atoms with Crippen molar-refractivity contribution in [2.45, 2.75) is 137 Å². The van der Waals surface area contributed by atoms with Crippen LogP contribution in [0, 0.1) is 40.9 Å². The second-order valence-electron chi connectivity index (χ2n) is 10.9. The summed E-state index contributed by atoms with van der Waals surface area (Å²) in [6, 6.07) is 0. The van der Waals surface area contributed by atoms with E-state index < -0.39 is 5.60 Å². The van der Waals surface area contributed by atoms with Crippen molar-refractivity contribution in [2.24, 2.45) is 40.9 Å². The Labute approximate surface area is 200 Å². The average molecular weight is 455 g/mol. The molecule has 9 unspecified atom stereocenters. The molecule has 32 heavy (non-hydrogen) atoms. The zero-order valence-electron chi connectivity index (χ0n) is 22.9. The standard InChI is InChI=1S/C24H42O2.2C2H6.CH4O/c1-4-5-8-16(2)18-10-11-20-22-19(12-14-24(18,20)26)23(3)13-7-6-9-17(23)15-21(22)25;3*1-2/h16-22,25-26H,4-15H2,1-3H3;2*1-2H3;2H,1H3. The van der Waals surface area contributed by atoms with Gasteiger partial charge in [0.25, 0.3) is 0 Å². The average Bonchev–Trinajstić information content (AvgIpc) is 3.19. The van der Waals surface area contributed by atoms with Crippen molar-refractivity contribution in [3.63, 3.8) is 0 Å². The van der Waals surface area contributed by atoms with E-state index in [4.69, 9.17) is 5.11 Å². The van der Waals surface area contributed by atoms with Crippen LogP contribution in [0.3, 0.4) is 0 Å². The molecule has 4 saturated carbocycles. The minimum atomic E-state index is -0.493. The van der Waals surface area contributed by atoms with Gasteiger partial charge in [-0.1, -0.05) is 80.6 Å². The van der Waals surface area contributed by atoms with Gasteiger partial charge in [0.15, 0.2) is 0 Å². The molecule has 0 aromatic carbocycles. The first kappa shape index (κ1) is 29.9. The summed E-state index contributed by atoms with van der Waals surface area (Å²) in [7, 11) is 1.00. The van der Waals surface area contributed by atoms with E-state index in [2.05, 4.69) is 20.8 Å². The maximum atomic E-state index is 11.9. The van der Waals surface area contributed by atoms with E-state index in [0.717, 1.165) is 38.7 Å².